The van der Waals surface area contributed by atoms with Crippen LogP contribution in [0.15, 0.2) is 40.9 Å². The Morgan fingerprint density at radius 2 is 1.28 bits per heavy atom. The molecular weight excluding hydrogens is 360 g/mol. The van der Waals surface area contributed by atoms with Gasteiger partial charge in [0.15, 0.2) is 0 Å². The molecule has 0 amide bonds. The van der Waals surface area contributed by atoms with Crippen molar-refractivity contribution in [3.05, 3.63) is 52.0 Å². The van der Waals surface area contributed by atoms with Crippen molar-refractivity contribution in [2.24, 2.45) is 0 Å². The number of ketones is 2. The summed E-state index contributed by atoms with van der Waals surface area (Å²) in [5.41, 5.74) is 1.21. The van der Waals surface area contributed by atoms with Gasteiger partial charge in [-0.2, -0.15) is 0 Å². The van der Waals surface area contributed by atoms with Gasteiger partial charge in [-0.05, 0) is 54.8 Å². The number of hydrogen-bond donors (Lipinski definition) is 0. The van der Waals surface area contributed by atoms with E-state index < -0.39 is 11.6 Å². The predicted octanol–water partition coefficient (Wildman–Crippen LogP) is 4.06. The number of carbonyl (C=O) groups is 2. The number of allylic oxidation sites excluding steroid dienone is 1. The second-order valence-corrected chi connectivity index (χ2v) is 5.62. The van der Waals surface area contributed by atoms with E-state index in [-0.39, 0.29) is 4.48 Å². The van der Waals surface area contributed by atoms with Crippen LogP contribution in [0.1, 0.15) is 15.9 Å². The standard InChI is InChI=1S/C14H6Br2O2/c15-11-9-5-7-3-1-2-4-8(7)6-10(9)13(17)14(18)12(11)16/h1-6H. The van der Waals surface area contributed by atoms with Gasteiger partial charge >= 0.3 is 0 Å². The zero-order valence-electron chi connectivity index (χ0n) is 9.04. The van der Waals surface area contributed by atoms with Crippen molar-refractivity contribution in [3.63, 3.8) is 0 Å². The van der Waals surface area contributed by atoms with Crippen molar-refractivity contribution < 1.29 is 9.59 Å². The number of carbonyl (C=O) groups excluding carboxylic acids is 2. The quantitative estimate of drug-likeness (QED) is 0.659. The SMILES string of the molecule is O=C1C(=O)c2cc3ccccc3cc2C(Br)=C1Br. The summed E-state index contributed by atoms with van der Waals surface area (Å²) in [6.07, 6.45) is 0. The number of halogens is 2. The highest BCUT2D eigenvalue weighted by Crippen LogP contribution is 2.38. The molecule has 0 N–H and O–H groups in total. The molecule has 0 aliphatic heterocycles. The molecule has 18 heavy (non-hydrogen) atoms. The van der Waals surface area contributed by atoms with Gasteiger partial charge in [0.1, 0.15) is 0 Å². The van der Waals surface area contributed by atoms with Gasteiger partial charge in [-0.25, -0.2) is 0 Å². The maximum Gasteiger partial charge on any atom is 0.241 e. The third-order valence-electron chi connectivity index (χ3n) is 2.97. The smallest absolute Gasteiger partial charge is 0.241 e. The third-order valence-corrected chi connectivity index (χ3v) is 5.08. The minimum atomic E-state index is -0.510. The summed E-state index contributed by atoms with van der Waals surface area (Å²) in [6.45, 7) is 0. The largest absolute Gasteiger partial charge is 0.285 e. The Labute approximate surface area is 120 Å². The first-order valence-electron chi connectivity index (χ1n) is 5.27. The van der Waals surface area contributed by atoms with Crippen LogP contribution in [0, 0.1) is 0 Å². The molecule has 0 atom stereocenters. The zero-order valence-corrected chi connectivity index (χ0v) is 12.2. The molecule has 88 valence electrons. The Morgan fingerprint density at radius 3 is 1.89 bits per heavy atom. The Hall–Kier alpha value is -1.26. The van der Waals surface area contributed by atoms with E-state index in [2.05, 4.69) is 31.9 Å². The van der Waals surface area contributed by atoms with Crippen LogP contribution < -0.4 is 0 Å². The van der Waals surface area contributed by atoms with E-state index in [0.717, 1.165) is 16.3 Å². The average molecular weight is 366 g/mol. The van der Waals surface area contributed by atoms with Gasteiger partial charge in [0, 0.05) is 15.6 Å². The summed E-state index contributed by atoms with van der Waals surface area (Å²) >= 11 is 6.52. The van der Waals surface area contributed by atoms with E-state index in [4.69, 9.17) is 0 Å². The van der Waals surface area contributed by atoms with Crippen molar-refractivity contribution in [1.29, 1.82) is 0 Å². The fourth-order valence-corrected chi connectivity index (χ4v) is 2.95. The molecule has 0 radical (unpaired) electrons. The van der Waals surface area contributed by atoms with Gasteiger partial charge in [-0.15, -0.1) is 0 Å². The molecule has 2 aromatic rings. The molecule has 0 saturated carbocycles. The highest BCUT2D eigenvalue weighted by atomic mass is 79.9. The average Bonchev–Trinajstić information content (AvgIpc) is 2.41. The molecule has 0 fully saturated rings. The van der Waals surface area contributed by atoms with Crippen molar-refractivity contribution in [2.45, 2.75) is 0 Å². The van der Waals surface area contributed by atoms with Gasteiger partial charge < -0.3 is 0 Å². The monoisotopic (exact) mass is 364 g/mol. The predicted molar refractivity (Wildman–Crippen MR) is 78.1 cm³/mol. The van der Waals surface area contributed by atoms with E-state index >= 15 is 0 Å². The van der Waals surface area contributed by atoms with Crippen molar-refractivity contribution in [1.82, 2.24) is 0 Å². The van der Waals surface area contributed by atoms with Crippen LogP contribution in [-0.4, -0.2) is 11.6 Å². The lowest BCUT2D eigenvalue weighted by molar-refractivity contribution is -0.111. The minimum absolute atomic E-state index is 0.287. The maximum atomic E-state index is 12.0. The fraction of sp³-hybridized carbons (Fsp3) is 0. The Kier molecular flexibility index (Phi) is 2.72. The van der Waals surface area contributed by atoms with Crippen molar-refractivity contribution in [2.75, 3.05) is 0 Å². The molecule has 3 rings (SSSR count). The summed E-state index contributed by atoms with van der Waals surface area (Å²) in [7, 11) is 0. The van der Waals surface area contributed by atoms with Crippen LogP contribution in [0.2, 0.25) is 0 Å². The van der Waals surface area contributed by atoms with Crippen LogP contribution in [0.25, 0.3) is 15.3 Å². The summed E-state index contributed by atoms with van der Waals surface area (Å²) in [6, 6.07) is 11.4. The molecule has 2 aromatic carbocycles. The van der Waals surface area contributed by atoms with Crippen LogP contribution in [-0.2, 0) is 4.79 Å². The Bertz CT molecular complexity index is 745. The van der Waals surface area contributed by atoms with E-state index in [1.165, 1.54) is 0 Å². The number of fused-ring (bicyclic) bond motifs is 2. The summed E-state index contributed by atoms with van der Waals surface area (Å²) in [5, 5.41) is 1.99. The number of hydrogen-bond acceptors (Lipinski definition) is 2. The van der Waals surface area contributed by atoms with Gasteiger partial charge in [0.2, 0.25) is 11.6 Å². The second-order valence-electron chi connectivity index (χ2n) is 4.03. The molecule has 1 aliphatic rings. The molecule has 4 heteroatoms. The lowest BCUT2D eigenvalue weighted by Crippen LogP contribution is -2.20. The molecule has 0 spiro atoms. The van der Waals surface area contributed by atoms with Crippen LogP contribution in [0.4, 0.5) is 0 Å². The molecule has 0 unspecified atom stereocenters. The highest BCUT2D eigenvalue weighted by molar-refractivity contribution is 9.16. The first-order chi connectivity index (χ1) is 8.59. The van der Waals surface area contributed by atoms with E-state index in [1.807, 2.05) is 30.3 Å². The number of benzene rings is 2. The van der Waals surface area contributed by atoms with Gasteiger partial charge in [0.05, 0.1) is 4.48 Å². The van der Waals surface area contributed by atoms with Crippen LogP contribution in [0.5, 0.6) is 0 Å². The zero-order chi connectivity index (χ0) is 12.9. The molecular formula is C14H6Br2O2. The van der Waals surface area contributed by atoms with Crippen molar-refractivity contribution in [3.8, 4) is 0 Å². The summed E-state index contributed by atoms with van der Waals surface area (Å²) in [4.78, 5) is 23.7. The Morgan fingerprint density at radius 1 is 0.722 bits per heavy atom. The number of rotatable bonds is 0. The fourth-order valence-electron chi connectivity index (χ4n) is 2.05. The first-order valence-corrected chi connectivity index (χ1v) is 6.85. The first kappa shape index (κ1) is 11.8. The summed E-state index contributed by atoms with van der Waals surface area (Å²) in [5.74, 6) is -0.976. The van der Waals surface area contributed by atoms with E-state index in [0.29, 0.717) is 10.0 Å². The van der Waals surface area contributed by atoms with E-state index in [1.54, 1.807) is 6.07 Å². The maximum absolute atomic E-state index is 12.0. The van der Waals surface area contributed by atoms with E-state index in [9.17, 15) is 9.59 Å². The number of Topliss-reactive ketones (excluding diaryl/α,β-unsaturated/α-hetero) is 2. The minimum Gasteiger partial charge on any atom is -0.285 e. The lowest BCUT2D eigenvalue weighted by Gasteiger charge is -2.15. The molecule has 1 aliphatic carbocycles. The second kappa shape index (κ2) is 4.14. The summed E-state index contributed by atoms with van der Waals surface area (Å²) < 4.78 is 0.920. The molecule has 0 aromatic heterocycles. The lowest BCUT2D eigenvalue weighted by atomic mass is 9.92. The van der Waals surface area contributed by atoms with Gasteiger partial charge in [-0.3, -0.25) is 9.59 Å². The van der Waals surface area contributed by atoms with Gasteiger partial charge in [-0.1, -0.05) is 24.3 Å². The topological polar surface area (TPSA) is 34.1 Å². The normalized spacial score (nSPS) is 15.2. The van der Waals surface area contributed by atoms with Crippen molar-refractivity contribution >= 4 is 58.7 Å². The molecule has 2 nitrogen and oxygen atoms in total. The third kappa shape index (κ3) is 1.60. The molecule has 0 heterocycles. The van der Waals surface area contributed by atoms with Gasteiger partial charge in [0.25, 0.3) is 0 Å². The molecule has 0 bridgehead atoms. The van der Waals surface area contributed by atoms with Crippen LogP contribution in [0.3, 0.4) is 0 Å². The van der Waals surface area contributed by atoms with Crippen LogP contribution >= 0.6 is 31.9 Å². The highest BCUT2D eigenvalue weighted by Gasteiger charge is 2.30. The Balaban J connectivity index is 2.42. The molecule has 0 saturated heterocycles.